The lowest BCUT2D eigenvalue weighted by Gasteiger charge is -2.07. The molecule has 2 aromatic rings. The van der Waals surface area contributed by atoms with Crippen molar-refractivity contribution in [3.05, 3.63) is 51.8 Å². The van der Waals surface area contributed by atoms with Crippen molar-refractivity contribution in [3.8, 4) is 0 Å². The molecule has 0 radical (unpaired) electrons. The fourth-order valence-corrected chi connectivity index (χ4v) is 2.37. The molecule has 0 atom stereocenters. The first kappa shape index (κ1) is 13.6. The molecule has 5 nitrogen and oxygen atoms in total. The van der Waals surface area contributed by atoms with E-state index in [1.807, 2.05) is 25.5 Å². The van der Waals surface area contributed by atoms with Crippen LogP contribution in [0, 0.1) is 5.41 Å². The van der Waals surface area contributed by atoms with E-state index in [0.29, 0.717) is 17.7 Å². The van der Waals surface area contributed by atoms with E-state index in [0.717, 1.165) is 10.0 Å². The van der Waals surface area contributed by atoms with Crippen molar-refractivity contribution in [3.63, 3.8) is 0 Å². The van der Waals surface area contributed by atoms with Crippen LogP contribution in [0.1, 0.15) is 15.9 Å². The molecule has 1 aromatic heterocycles. The third-order valence-corrected chi connectivity index (χ3v) is 3.27. The van der Waals surface area contributed by atoms with Crippen LogP contribution in [0.15, 0.2) is 35.1 Å². The number of halogens is 1. The number of esters is 1. The highest BCUT2D eigenvalue weighted by molar-refractivity contribution is 9.10. The lowest BCUT2D eigenvalue weighted by atomic mass is 10.1. The Bertz CT molecular complexity index is 673. The van der Waals surface area contributed by atoms with Gasteiger partial charge in [0.25, 0.3) is 0 Å². The number of carbonyl (C=O) groups excluding carboxylic acids is 1. The van der Waals surface area contributed by atoms with Crippen molar-refractivity contribution >= 4 is 21.9 Å². The monoisotopic (exact) mass is 323 g/mol. The molecule has 100 valence electrons. The molecule has 0 aliphatic heterocycles. The van der Waals surface area contributed by atoms with Gasteiger partial charge in [0.2, 0.25) is 5.62 Å². The summed E-state index contributed by atoms with van der Waals surface area (Å²) in [5, 5.41) is 7.88. The Labute approximate surface area is 119 Å². The standard InChI is InChI=1S/C13H14BrN3O2/c1-16-3-4-17(13(16)15)8-9-5-10(12(18)19-2)7-11(14)6-9/h3-7,15H,8H2,1-2H3. The van der Waals surface area contributed by atoms with Gasteiger partial charge in [-0.25, -0.2) is 4.79 Å². The minimum absolute atomic E-state index is 0.369. The molecule has 1 aromatic carbocycles. The highest BCUT2D eigenvalue weighted by atomic mass is 79.9. The Morgan fingerprint density at radius 1 is 1.37 bits per heavy atom. The average Bonchev–Trinajstić information content (AvgIpc) is 2.69. The molecular weight excluding hydrogens is 310 g/mol. The van der Waals surface area contributed by atoms with Crippen LogP contribution < -0.4 is 5.62 Å². The van der Waals surface area contributed by atoms with Gasteiger partial charge in [0.05, 0.1) is 19.2 Å². The number of rotatable bonds is 3. The number of nitrogens with zero attached hydrogens (tertiary/aromatic N) is 2. The largest absolute Gasteiger partial charge is 0.465 e. The van der Waals surface area contributed by atoms with Crippen molar-refractivity contribution in [2.75, 3.05) is 7.11 Å². The summed E-state index contributed by atoms with van der Waals surface area (Å²) in [6.07, 6.45) is 3.66. The number of methoxy groups -OCH3 is 1. The molecule has 19 heavy (non-hydrogen) atoms. The molecule has 6 heteroatoms. The van der Waals surface area contributed by atoms with Gasteiger partial charge in [-0.2, -0.15) is 0 Å². The van der Waals surface area contributed by atoms with Crippen LogP contribution in [0.3, 0.4) is 0 Å². The average molecular weight is 324 g/mol. The summed E-state index contributed by atoms with van der Waals surface area (Å²) in [5.74, 6) is -0.369. The van der Waals surface area contributed by atoms with Crippen LogP contribution in [-0.2, 0) is 18.3 Å². The number of aromatic nitrogens is 2. The summed E-state index contributed by atoms with van der Waals surface area (Å²) in [4.78, 5) is 11.6. The third-order valence-electron chi connectivity index (χ3n) is 2.81. The van der Waals surface area contributed by atoms with Gasteiger partial charge in [-0.3, -0.25) is 5.41 Å². The maximum absolute atomic E-state index is 11.6. The van der Waals surface area contributed by atoms with E-state index >= 15 is 0 Å². The Morgan fingerprint density at radius 3 is 2.68 bits per heavy atom. The molecule has 0 fully saturated rings. The first-order valence-electron chi connectivity index (χ1n) is 5.65. The van der Waals surface area contributed by atoms with Gasteiger partial charge < -0.3 is 13.9 Å². The number of carbonyl (C=O) groups is 1. The van der Waals surface area contributed by atoms with Crippen LogP contribution in [0.25, 0.3) is 0 Å². The van der Waals surface area contributed by atoms with Gasteiger partial charge in [0.1, 0.15) is 0 Å². The van der Waals surface area contributed by atoms with Crippen LogP contribution in [-0.4, -0.2) is 22.2 Å². The van der Waals surface area contributed by atoms with Crippen LogP contribution in [0.5, 0.6) is 0 Å². The quantitative estimate of drug-likeness (QED) is 0.877. The molecule has 0 amide bonds. The predicted molar refractivity (Wildman–Crippen MR) is 73.8 cm³/mol. The first-order chi connectivity index (χ1) is 9.01. The second-order valence-electron chi connectivity index (χ2n) is 4.20. The summed E-state index contributed by atoms with van der Waals surface area (Å²) in [7, 11) is 3.18. The molecular formula is C13H14BrN3O2. The normalized spacial score (nSPS) is 10.5. The molecule has 0 spiro atoms. The topological polar surface area (TPSA) is 60.0 Å². The lowest BCUT2D eigenvalue weighted by Crippen LogP contribution is -2.22. The van der Waals surface area contributed by atoms with E-state index in [4.69, 9.17) is 10.1 Å². The maximum Gasteiger partial charge on any atom is 0.337 e. The summed E-state index contributed by atoms with van der Waals surface area (Å²) in [6.45, 7) is 0.531. The fourth-order valence-electron chi connectivity index (χ4n) is 1.83. The first-order valence-corrected chi connectivity index (χ1v) is 6.44. The van der Waals surface area contributed by atoms with Crippen molar-refractivity contribution < 1.29 is 9.53 Å². The minimum Gasteiger partial charge on any atom is -0.465 e. The third kappa shape index (κ3) is 2.96. The van der Waals surface area contributed by atoms with Gasteiger partial charge in [0.15, 0.2) is 0 Å². The molecule has 0 saturated heterocycles. The number of hydrogen-bond acceptors (Lipinski definition) is 3. The van der Waals surface area contributed by atoms with Gasteiger partial charge in [-0.1, -0.05) is 15.9 Å². The Kier molecular flexibility index (Phi) is 3.90. The van der Waals surface area contributed by atoms with Gasteiger partial charge >= 0.3 is 5.97 Å². The molecule has 1 N–H and O–H groups in total. The number of hydrogen-bond donors (Lipinski definition) is 1. The fraction of sp³-hybridized carbons (Fsp3) is 0.231. The molecule has 0 unspecified atom stereocenters. The van der Waals surface area contributed by atoms with Crippen LogP contribution in [0.2, 0.25) is 0 Å². The van der Waals surface area contributed by atoms with Crippen molar-refractivity contribution in [1.82, 2.24) is 9.13 Å². The number of imidazole rings is 1. The zero-order chi connectivity index (χ0) is 14.0. The van der Waals surface area contributed by atoms with Crippen molar-refractivity contribution in [2.24, 2.45) is 7.05 Å². The Morgan fingerprint density at radius 2 is 2.11 bits per heavy atom. The summed E-state index contributed by atoms with van der Waals surface area (Å²) < 4.78 is 9.05. The molecule has 1 heterocycles. The second kappa shape index (κ2) is 5.44. The summed E-state index contributed by atoms with van der Waals surface area (Å²) in [6, 6.07) is 5.41. The van der Waals surface area contributed by atoms with E-state index in [9.17, 15) is 4.79 Å². The van der Waals surface area contributed by atoms with E-state index in [-0.39, 0.29) is 5.97 Å². The zero-order valence-electron chi connectivity index (χ0n) is 10.7. The van der Waals surface area contributed by atoms with E-state index in [2.05, 4.69) is 15.9 Å². The molecule has 0 aliphatic rings. The van der Waals surface area contributed by atoms with Crippen LogP contribution in [0.4, 0.5) is 0 Å². The maximum atomic E-state index is 11.6. The Hall–Kier alpha value is -1.82. The zero-order valence-corrected chi connectivity index (χ0v) is 12.3. The highest BCUT2D eigenvalue weighted by Crippen LogP contribution is 2.17. The SMILES string of the molecule is COC(=O)c1cc(Br)cc(Cn2ccn(C)c2=N)c1. The predicted octanol–water partition coefficient (Wildman–Crippen LogP) is 1.90. The number of benzene rings is 1. The Balaban J connectivity index is 2.35. The van der Waals surface area contributed by atoms with Crippen molar-refractivity contribution in [1.29, 1.82) is 5.41 Å². The summed E-state index contributed by atoms with van der Waals surface area (Å²) in [5.41, 5.74) is 1.83. The number of nitrogens with one attached hydrogen (secondary N) is 1. The molecule has 2 rings (SSSR count). The van der Waals surface area contributed by atoms with Crippen molar-refractivity contribution in [2.45, 2.75) is 6.54 Å². The summed E-state index contributed by atoms with van der Waals surface area (Å²) >= 11 is 3.38. The van der Waals surface area contributed by atoms with Gasteiger partial charge in [-0.15, -0.1) is 0 Å². The van der Waals surface area contributed by atoms with Crippen LogP contribution >= 0.6 is 15.9 Å². The highest BCUT2D eigenvalue weighted by Gasteiger charge is 2.08. The van der Waals surface area contributed by atoms with E-state index < -0.39 is 0 Å². The second-order valence-corrected chi connectivity index (χ2v) is 5.12. The van der Waals surface area contributed by atoms with E-state index in [1.165, 1.54) is 7.11 Å². The van der Waals surface area contributed by atoms with Gasteiger partial charge in [0, 0.05) is 23.9 Å². The lowest BCUT2D eigenvalue weighted by molar-refractivity contribution is 0.0600. The van der Waals surface area contributed by atoms with Gasteiger partial charge in [-0.05, 0) is 23.8 Å². The molecule has 0 saturated carbocycles. The minimum atomic E-state index is -0.369. The number of aryl methyl sites for hydroxylation is 1. The number of ether oxygens (including phenoxy) is 1. The molecule has 0 bridgehead atoms. The molecule has 0 aliphatic carbocycles. The smallest absolute Gasteiger partial charge is 0.337 e. The van der Waals surface area contributed by atoms with E-state index in [1.54, 1.807) is 21.3 Å².